The summed E-state index contributed by atoms with van der Waals surface area (Å²) in [5.74, 6) is 0. The van der Waals surface area contributed by atoms with Gasteiger partial charge < -0.3 is 18.9 Å². The zero-order chi connectivity index (χ0) is 18.9. The fourth-order valence-corrected chi connectivity index (χ4v) is 4.81. The lowest BCUT2D eigenvalue weighted by Crippen LogP contribution is -2.49. The topological polar surface area (TPSA) is 71.1 Å². The summed E-state index contributed by atoms with van der Waals surface area (Å²) in [6, 6.07) is 17.7. The van der Waals surface area contributed by atoms with Gasteiger partial charge in [0.2, 0.25) is 9.84 Å². The van der Waals surface area contributed by atoms with Gasteiger partial charge in [-0.2, -0.15) is 0 Å². The number of ether oxygens (including phenoxy) is 4. The second kappa shape index (κ2) is 7.53. The first-order chi connectivity index (χ1) is 13.1. The summed E-state index contributed by atoms with van der Waals surface area (Å²) in [5.41, 5.74) is 0.821. The van der Waals surface area contributed by atoms with Gasteiger partial charge in [-0.3, -0.25) is 0 Å². The van der Waals surface area contributed by atoms with Crippen LogP contribution in [0.15, 0.2) is 76.5 Å². The molecule has 6 nitrogen and oxygen atoms in total. The van der Waals surface area contributed by atoms with Crippen LogP contribution in [-0.4, -0.2) is 40.6 Å². The van der Waals surface area contributed by atoms with Gasteiger partial charge in [0.25, 0.3) is 0 Å². The molecule has 4 rings (SSSR count). The summed E-state index contributed by atoms with van der Waals surface area (Å²) < 4.78 is 49.3. The summed E-state index contributed by atoms with van der Waals surface area (Å²) >= 11 is 0. The maximum Gasteiger partial charge on any atom is 0.205 e. The molecule has 27 heavy (non-hydrogen) atoms. The molecule has 0 amide bonds. The molecule has 0 aromatic heterocycles. The van der Waals surface area contributed by atoms with E-state index < -0.39 is 34.6 Å². The van der Waals surface area contributed by atoms with Crippen LogP contribution in [0, 0.1) is 0 Å². The maximum atomic E-state index is 13.2. The second-order valence-electron chi connectivity index (χ2n) is 6.30. The fraction of sp³-hybridized carbons (Fsp3) is 0.300. The molecule has 1 fully saturated rings. The van der Waals surface area contributed by atoms with Crippen molar-refractivity contribution in [2.75, 3.05) is 13.7 Å². The summed E-state index contributed by atoms with van der Waals surface area (Å²) in [5, 5.41) is 0. The highest BCUT2D eigenvalue weighted by molar-refractivity contribution is 7.95. The van der Waals surface area contributed by atoms with E-state index in [1.165, 1.54) is 13.2 Å². The number of hydrogen-bond acceptors (Lipinski definition) is 6. The van der Waals surface area contributed by atoms with Crippen molar-refractivity contribution in [2.45, 2.75) is 29.7 Å². The molecule has 0 unspecified atom stereocenters. The highest BCUT2D eigenvalue weighted by Gasteiger charge is 2.45. The molecule has 1 saturated heterocycles. The van der Waals surface area contributed by atoms with Gasteiger partial charge in [0.1, 0.15) is 12.2 Å². The lowest BCUT2D eigenvalue weighted by molar-refractivity contribution is -0.282. The average Bonchev–Trinajstić information content (AvgIpc) is 2.73. The minimum atomic E-state index is -3.76. The van der Waals surface area contributed by atoms with Gasteiger partial charge in [-0.05, 0) is 18.2 Å². The molecule has 0 aliphatic carbocycles. The SMILES string of the molecule is CO[C@@H]1C=C(S(=O)(=O)c2ccccc2)[C@@H]2O[C@H](c3ccccc3)OC[C@H]2O1. The Kier molecular flexibility index (Phi) is 5.12. The Bertz CT molecular complexity index is 910. The first kappa shape index (κ1) is 18.3. The van der Waals surface area contributed by atoms with Gasteiger partial charge in [-0.15, -0.1) is 0 Å². The van der Waals surface area contributed by atoms with Crippen LogP contribution in [0.1, 0.15) is 11.9 Å². The van der Waals surface area contributed by atoms with Crippen molar-refractivity contribution in [3.8, 4) is 0 Å². The summed E-state index contributed by atoms with van der Waals surface area (Å²) in [6.07, 6.45) is -1.32. The Morgan fingerprint density at radius 1 is 0.963 bits per heavy atom. The molecule has 2 heterocycles. The van der Waals surface area contributed by atoms with E-state index in [0.29, 0.717) is 0 Å². The van der Waals surface area contributed by atoms with Gasteiger partial charge in [0, 0.05) is 12.7 Å². The van der Waals surface area contributed by atoms with Crippen molar-refractivity contribution in [1.29, 1.82) is 0 Å². The number of fused-ring (bicyclic) bond motifs is 1. The standard InChI is InChI=1S/C20H20O6S/c1-23-18-12-17(27(21,22)15-10-6-3-7-11-15)19-16(25-18)13-24-20(26-19)14-8-4-2-5-9-14/h2-12,16,18-20H,13H2,1H3/t16-,18+,19-,20-/m1/s1. The predicted molar refractivity (Wildman–Crippen MR) is 97.4 cm³/mol. The van der Waals surface area contributed by atoms with Crippen molar-refractivity contribution >= 4 is 9.84 Å². The minimum absolute atomic E-state index is 0.140. The van der Waals surface area contributed by atoms with Crippen LogP contribution in [-0.2, 0) is 28.8 Å². The van der Waals surface area contributed by atoms with E-state index in [1.54, 1.807) is 30.3 Å². The highest BCUT2D eigenvalue weighted by Crippen LogP contribution is 2.37. The molecular formula is C20H20O6S. The predicted octanol–water partition coefficient (Wildman–Crippen LogP) is 2.83. The fourth-order valence-electron chi connectivity index (χ4n) is 3.22. The molecular weight excluding hydrogens is 368 g/mol. The number of rotatable bonds is 4. The molecule has 0 N–H and O–H groups in total. The van der Waals surface area contributed by atoms with Crippen LogP contribution in [0.2, 0.25) is 0 Å². The first-order valence-electron chi connectivity index (χ1n) is 8.62. The van der Waals surface area contributed by atoms with E-state index in [4.69, 9.17) is 18.9 Å². The Morgan fingerprint density at radius 2 is 1.63 bits per heavy atom. The first-order valence-corrected chi connectivity index (χ1v) is 10.1. The van der Waals surface area contributed by atoms with Gasteiger partial charge in [0.05, 0.1) is 16.4 Å². The molecule has 7 heteroatoms. The third kappa shape index (κ3) is 3.56. The van der Waals surface area contributed by atoms with Crippen molar-refractivity contribution in [3.63, 3.8) is 0 Å². The number of sulfone groups is 1. The van der Waals surface area contributed by atoms with E-state index in [2.05, 4.69) is 0 Å². The molecule has 2 aromatic carbocycles. The molecule has 0 radical (unpaired) electrons. The van der Waals surface area contributed by atoms with E-state index in [-0.39, 0.29) is 16.4 Å². The third-order valence-corrected chi connectivity index (χ3v) is 6.46. The molecule has 0 saturated carbocycles. The molecule has 2 aliphatic heterocycles. The van der Waals surface area contributed by atoms with Crippen LogP contribution in [0.4, 0.5) is 0 Å². The van der Waals surface area contributed by atoms with Crippen LogP contribution in [0.3, 0.4) is 0 Å². The molecule has 142 valence electrons. The molecule has 0 spiro atoms. The van der Waals surface area contributed by atoms with Gasteiger partial charge >= 0.3 is 0 Å². The zero-order valence-electron chi connectivity index (χ0n) is 14.7. The van der Waals surface area contributed by atoms with Crippen molar-refractivity contribution < 1.29 is 27.4 Å². The summed E-state index contributed by atoms with van der Waals surface area (Å²) in [4.78, 5) is 0.346. The Labute approximate surface area is 158 Å². The van der Waals surface area contributed by atoms with Gasteiger partial charge in [-0.25, -0.2) is 8.42 Å². The van der Waals surface area contributed by atoms with Crippen LogP contribution in [0.5, 0.6) is 0 Å². The summed E-state index contributed by atoms with van der Waals surface area (Å²) in [7, 11) is -2.30. The lowest BCUT2D eigenvalue weighted by Gasteiger charge is -2.41. The molecule has 2 aliphatic rings. The minimum Gasteiger partial charge on any atom is -0.352 e. The van der Waals surface area contributed by atoms with Gasteiger partial charge in [-0.1, -0.05) is 48.5 Å². The van der Waals surface area contributed by atoms with Crippen LogP contribution in [0.25, 0.3) is 0 Å². The van der Waals surface area contributed by atoms with Crippen molar-refractivity contribution in [1.82, 2.24) is 0 Å². The lowest BCUT2D eigenvalue weighted by atomic mass is 10.1. The van der Waals surface area contributed by atoms with Crippen molar-refractivity contribution in [3.05, 3.63) is 77.2 Å². The zero-order valence-corrected chi connectivity index (χ0v) is 15.5. The van der Waals surface area contributed by atoms with Crippen LogP contribution < -0.4 is 0 Å². The largest absolute Gasteiger partial charge is 0.352 e. The number of methoxy groups -OCH3 is 1. The van der Waals surface area contributed by atoms with Gasteiger partial charge in [0.15, 0.2) is 12.6 Å². The van der Waals surface area contributed by atoms with Crippen molar-refractivity contribution in [2.24, 2.45) is 0 Å². The van der Waals surface area contributed by atoms with E-state index in [0.717, 1.165) is 5.56 Å². The van der Waals surface area contributed by atoms with Crippen LogP contribution >= 0.6 is 0 Å². The molecule has 0 bridgehead atoms. The highest BCUT2D eigenvalue weighted by atomic mass is 32.2. The molecule has 4 atom stereocenters. The number of benzene rings is 2. The Morgan fingerprint density at radius 3 is 2.30 bits per heavy atom. The Balaban J connectivity index is 1.71. The monoisotopic (exact) mass is 388 g/mol. The van der Waals surface area contributed by atoms with E-state index >= 15 is 0 Å². The maximum absolute atomic E-state index is 13.2. The van der Waals surface area contributed by atoms with E-state index in [9.17, 15) is 8.42 Å². The second-order valence-corrected chi connectivity index (χ2v) is 8.25. The number of hydrogen-bond donors (Lipinski definition) is 0. The Hall–Kier alpha value is -2.03. The van der Waals surface area contributed by atoms with E-state index in [1.807, 2.05) is 30.3 Å². The average molecular weight is 388 g/mol. The quantitative estimate of drug-likeness (QED) is 0.802. The summed E-state index contributed by atoms with van der Waals surface area (Å²) in [6.45, 7) is 0.200. The molecule has 2 aromatic rings. The third-order valence-electron chi connectivity index (χ3n) is 4.58. The smallest absolute Gasteiger partial charge is 0.205 e. The normalized spacial score (nSPS) is 28.3.